The Balaban J connectivity index is 1.82. The summed E-state index contributed by atoms with van der Waals surface area (Å²) in [7, 11) is 1.84. The second-order valence-electron chi connectivity index (χ2n) is 7.25. The molecule has 4 N–H and O–H groups in total. The van der Waals surface area contributed by atoms with E-state index in [-0.39, 0.29) is 23.3 Å². The van der Waals surface area contributed by atoms with Crippen LogP contribution in [0.3, 0.4) is 0 Å². The van der Waals surface area contributed by atoms with Crippen LogP contribution in [-0.2, 0) is 9.59 Å². The molecule has 2 atom stereocenters. The SMILES string of the molecule is CNc1ccc([C@H]2CC[C@H](C)CN2C(=O)C(=O)Nc2ncccc2C(N)=O)cc1. The fraction of sp³-hybridized carbons (Fsp3) is 0.333. The zero-order valence-electron chi connectivity index (χ0n) is 16.5. The third-order valence-corrected chi connectivity index (χ3v) is 5.16. The van der Waals surface area contributed by atoms with Crippen molar-refractivity contribution in [3.05, 3.63) is 53.7 Å². The summed E-state index contributed by atoms with van der Waals surface area (Å²) in [6.45, 7) is 2.54. The Hall–Kier alpha value is -3.42. The smallest absolute Gasteiger partial charge is 0.315 e. The Kier molecular flexibility index (Phi) is 6.11. The van der Waals surface area contributed by atoms with Gasteiger partial charge in [-0.25, -0.2) is 4.98 Å². The first-order chi connectivity index (χ1) is 13.9. The number of nitrogens with two attached hydrogens (primary N) is 1. The predicted octanol–water partition coefficient (Wildman–Crippen LogP) is 2.16. The van der Waals surface area contributed by atoms with Gasteiger partial charge in [0.25, 0.3) is 5.91 Å². The van der Waals surface area contributed by atoms with Crippen molar-refractivity contribution in [3.63, 3.8) is 0 Å². The molecular weight excluding hydrogens is 370 g/mol. The zero-order chi connectivity index (χ0) is 21.0. The first kappa shape index (κ1) is 20.3. The number of carbonyl (C=O) groups excluding carboxylic acids is 3. The van der Waals surface area contributed by atoms with Gasteiger partial charge in [0.15, 0.2) is 0 Å². The van der Waals surface area contributed by atoms with Gasteiger partial charge >= 0.3 is 11.8 Å². The molecule has 152 valence electrons. The zero-order valence-corrected chi connectivity index (χ0v) is 16.5. The molecule has 0 saturated carbocycles. The van der Waals surface area contributed by atoms with Gasteiger partial charge in [0.05, 0.1) is 11.6 Å². The lowest BCUT2D eigenvalue weighted by Crippen LogP contribution is -2.46. The number of primary amides is 1. The lowest BCUT2D eigenvalue weighted by molar-refractivity contribution is -0.146. The molecule has 0 bridgehead atoms. The van der Waals surface area contributed by atoms with Crippen LogP contribution in [0, 0.1) is 5.92 Å². The molecule has 1 aliphatic heterocycles. The normalized spacial score (nSPS) is 18.8. The molecule has 2 aromatic rings. The molecule has 0 spiro atoms. The summed E-state index contributed by atoms with van der Waals surface area (Å²) >= 11 is 0. The van der Waals surface area contributed by atoms with Crippen LogP contribution < -0.4 is 16.4 Å². The van der Waals surface area contributed by atoms with E-state index in [0.717, 1.165) is 24.1 Å². The molecule has 0 aliphatic carbocycles. The van der Waals surface area contributed by atoms with Crippen molar-refractivity contribution in [2.24, 2.45) is 11.7 Å². The Labute approximate surface area is 169 Å². The summed E-state index contributed by atoms with van der Waals surface area (Å²) in [5.41, 5.74) is 7.33. The van der Waals surface area contributed by atoms with E-state index in [9.17, 15) is 14.4 Å². The fourth-order valence-electron chi connectivity index (χ4n) is 3.59. The molecule has 3 amide bonds. The van der Waals surface area contributed by atoms with Crippen LogP contribution in [-0.4, -0.2) is 41.2 Å². The molecule has 0 radical (unpaired) electrons. The lowest BCUT2D eigenvalue weighted by Gasteiger charge is -2.38. The standard InChI is InChI=1S/C21H25N5O3/c1-13-5-10-17(14-6-8-15(23-2)9-7-14)26(12-13)21(29)20(28)25-19-16(18(22)27)4-3-11-24-19/h3-4,6-9,11,13,17,23H,5,10,12H2,1-2H3,(H2,22,27)(H,24,25,28)/t13-,17+/m0/s1. The maximum atomic E-state index is 13.0. The highest BCUT2D eigenvalue weighted by molar-refractivity contribution is 6.39. The van der Waals surface area contributed by atoms with Crippen LogP contribution in [0.5, 0.6) is 0 Å². The average molecular weight is 395 g/mol. The van der Waals surface area contributed by atoms with Crippen molar-refractivity contribution in [1.29, 1.82) is 0 Å². The van der Waals surface area contributed by atoms with Gasteiger partial charge in [0, 0.05) is 25.5 Å². The Morgan fingerprint density at radius 1 is 1.14 bits per heavy atom. The highest BCUT2D eigenvalue weighted by Gasteiger charge is 2.34. The van der Waals surface area contributed by atoms with Gasteiger partial charge in [-0.15, -0.1) is 0 Å². The Bertz CT molecular complexity index is 913. The van der Waals surface area contributed by atoms with Crippen LogP contribution in [0.4, 0.5) is 11.5 Å². The van der Waals surface area contributed by atoms with Crippen molar-refractivity contribution in [1.82, 2.24) is 9.88 Å². The number of benzene rings is 1. The number of rotatable bonds is 4. The number of pyridine rings is 1. The number of nitrogens with one attached hydrogen (secondary N) is 2. The van der Waals surface area contributed by atoms with Gasteiger partial charge < -0.3 is 21.3 Å². The van der Waals surface area contributed by atoms with E-state index in [0.29, 0.717) is 6.54 Å². The van der Waals surface area contributed by atoms with Gasteiger partial charge in [-0.2, -0.15) is 0 Å². The first-order valence-corrected chi connectivity index (χ1v) is 9.55. The number of hydrogen-bond acceptors (Lipinski definition) is 5. The number of piperidine rings is 1. The van der Waals surface area contributed by atoms with E-state index < -0.39 is 17.7 Å². The summed E-state index contributed by atoms with van der Waals surface area (Å²) in [4.78, 5) is 42.8. The molecule has 1 fully saturated rings. The largest absolute Gasteiger partial charge is 0.388 e. The maximum Gasteiger partial charge on any atom is 0.315 e. The van der Waals surface area contributed by atoms with Crippen molar-refractivity contribution in [3.8, 4) is 0 Å². The summed E-state index contributed by atoms with van der Waals surface area (Å²) in [6, 6.07) is 10.6. The lowest BCUT2D eigenvalue weighted by atomic mass is 9.89. The van der Waals surface area contributed by atoms with Gasteiger partial charge in [-0.1, -0.05) is 19.1 Å². The van der Waals surface area contributed by atoms with Crippen LogP contribution in [0.2, 0.25) is 0 Å². The quantitative estimate of drug-likeness (QED) is 0.686. The minimum atomic E-state index is -0.836. The topological polar surface area (TPSA) is 117 Å². The molecule has 1 aliphatic rings. The highest BCUT2D eigenvalue weighted by atomic mass is 16.2. The van der Waals surface area contributed by atoms with Crippen LogP contribution >= 0.6 is 0 Å². The van der Waals surface area contributed by atoms with Crippen molar-refractivity contribution in [2.45, 2.75) is 25.8 Å². The Morgan fingerprint density at radius 3 is 2.52 bits per heavy atom. The monoisotopic (exact) mass is 395 g/mol. The van der Waals surface area contributed by atoms with Crippen molar-refractivity contribution in [2.75, 3.05) is 24.2 Å². The number of aromatic nitrogens is 1. The summed E-state index contributed by atoms with van der Waals surface area (Å²) < 4.78 is 0. The maximum absolute atomic E-state index is 13.0. The molecule has 1 aromatic carbocycles. The third-order valence-electron chi connectivity index (χ3n) is 5.16. The van der Waals surface area contributed by atoms with Crippen LogP contribution in [0.25, 0.3) is 0 Å². The molecule has 3 rings (SSSR count). The minimum Gasteiger partial charge on any atom is -0.388 e. The molecular formula is C21H25N5O3. The summed E-state index contributed by atoms with van der Waals surface area (Å²) in [5, 5.41) is 5.51. The molecule has 8 heteroatoms. The van der Waals surface area contributed by atoms with Gasteiger partial charge in [-0.3, -0.25) is 14.4 Å². The van der Waals surface area contributed by atoms with Gasteiger partial charge in [0.1, 0.15) is 5.82 Å². The van der Waals surface area contributed by atoms with E-state index in [2.05, 4.69) is 22.5 Å². The van der Waals surface area contributed by atoms with Gasteiger partial charge in [0.2, 0.25) is 0 Å². The second kappa shape index (κ2) is 8.72. The van der Waals surface area contributed by atoms with Gasteiger partial charge in [-0.05, 0) is 48.6 Å². The third kappa shape index (κ3) is 4.53. The molecule has 2 heterocycles. The van der Waals surface area contributed by atoms with Crippen molar-refractivity contribution >= 4 is 29.2 Å². The number of anilines is 2. The van der Waals surface area contributed by atoms with E-state index >= 15 is 0 Å². The fourth-order valence-corrected chi connectivity index (χ4v) is 3.59. The number of amides is 3. The molecule has 0 unspecified atom stereocenters. The second-order valence-corrected chi connectivity index (χ2v) is 7.25. The van der Waals surface area contributed by atoms with Crippen LogP contribution in [0.15, 0.2) is 42.6 Å². The molecule has 1 saturated heterocycles. The Morgan fingerprint density at radius 2 is 1.86 bits per heavy atom. The molecule has 29 heavy (non-hydrogen) atoms. The molecule has 8 nitrogen and oxygen atoms in total. The van der Waals surface area contributed by atoms with E-state index in [1.165, 1.54) is 18.3 Å². The predicted molar refractivity (Wildman–Crippen MR) is 110 cm³/mol. The first-order valence-electron chi connectivity index (χ1n) is 9.55. The average Bonchev–Trinajstić information content (AvgIpc) is 2.73. The summed E-state index contributed by atoms with van der Waals surface area (Å²) in [6.07, 6.45) is 3.16. The molecule has 1 aromatic heterocycles. The minimum absolute atomic E-state index is 0.0154. The number of carbonyl (C=O) groups is 3. The van der Waals surface area contributed by atoms with E-state index in [1.54, 1.807) is 4.90 Å². The number of hydrogen-bond donors (Lipinski definition) is 3. The number of likely N-dealkylation sites (tertiary alicyclic amines) is 1. The van der Waals surface area contributed by atoms with E-state index in [1.807, 2.05) is 31.3 Å². The summed E-state index contributed by atoms with van der Waals surface area (Å²) in [5.74, 6) is -1.94. The van der Waals surface area contributed by atoms with Crippen LogP contribution in [0.1, 0.15) is 41.7 Å². The number of nitrogens with zero attached hydrogens (tertiary/aromatic N) is 2. The van der Waals surface area contributed by atoms with Crippen molar-refractivity contribution < 1.29 is 14.4 Å². The highest BCUT2D eigenvalue weighted by Crippen LogP contribution is 2.34. The van der Waals surface area contributed by atoms with E-state index in [4.69, 9.17) is 5.73 Å².